The van der Waals surface area contributed by atoms with Gasteiger partial charge in [0.1, 0.15) is 29.6 Å². The van der Waals surface area contributed by atoms with Crippen molar-refractivity contribution in [1.82, 2.24) is 9.97 Å². The fraction of sp³-hybridized carbons (Fsp3) is 0.200. The van der Waals surface area contributed by atoms with Crippen molar-refractivity contribution in [2.45, 2.75) is 33.2 Å². The Balaban J connectivity index is 1.41. The Morgan fingerprint density at radius 2 is 1.94 bits per heavy atom. The molecule has 4 rings (SSSR count). The molecule has 7 nitrogen and oxygen atoms in total. The molecule has 0 aliphatic heterocycles. The van der Waals surface area contributed by atoms with Crippen molar-refractivity contribution < 1.29 is 32.2 Å². The van der Waals surface area contributed by atoms with Gasteiger partial charge in [0.05, 0.1) is 4.88 Å². The second-order valence-corrected chi connectivity index (χ2v) is 8.86. The van der Waals surface area contributed by atoms with Gasteiger partial charge in [-0.3, -0.25) is 9.78 Å². The molecule has 2 N–H and O–H groups in total. The van der Waals surface area contributed by atoms with E-state index in [0.717, 1.165) is 22.5 Å². The number of ether oxygens (including phenoxy) is 2. The fourth-order valence-corrected chi connectivity index (χ4v) is 4.01. The molecule has 4 aromatic rings. The molecule has 0 aliphatic rings. The van der Waals surface area contributed by atoms with Crippen LogP contribution in [0.4, 0.5) is 13.2 Å². The maximum absolute atomic E-state index is 12.3. The number of oxazole rings is 1. The van der Waals surface area contributed by atoms with E-state index < -0.39 is 6.36 Å². The molecule has 0 fully saturated rings. The quantitative estimate of drug-likeness (QED) is 0.287. The number of benzene rings is 2. The zero-order chi connectivity index (χ0) is 25.9. The van der Waals surface area contributed by atoms with Crippen molar-refractivity contribution in [3.63, 3.8) is 0 Å². The largest absolute Gasteiger partial charge is 0.573 e. The normalized spacial score (nSPS) is 12.1. The molecule has 188 valence electrons. The molecule has 2 aromatic carbocycles. The lowest BCUT2D eigenvalue weighted by molar-refractivity contribution is -0.274. The topological polar surface area (TPSA) is 97.6 Å². The van der Waals surface area contributed by atoms with Gasteiger partial charge in [0, 0.05) is 12.0 Å². The van der Waals surface area contributed by atoms with Crippen LogP contribution in [0.1, 0.15) is 28.8 Å². The summed E-state index contributed by atoms with van der Waals surface area (Å²) < 4.78 is 52.5. The van der Waals surface area contributed by atoms with Crippen molar-refractivity contribution in [3.8, 4) is 28.8 Å². The van der Waals surface area contributed by atoms with Gasteiger partial charge in [-0.25, -0.2) is 4.98 Å². The number of alkyl halides is 3. The molecule has 0 atom stereocenters. The van der Waals surface area contributed by atoms with E-state index in [1.54, 1.807) is 13.0 Å². The Labute approximate surface area is 207 Å². The van der Waals surface area contributed by atoms with Crippen LogP contribution in [0.25, 0.3) is 17.0 Å². The van der Waals surface area contributed by atoms with Crippen LogP contribution in [-0.2, 0) is 13.0 Å². The van der Waals surface area contributed by atoms with Crippen LogP contribution in [0.2, 0.25) is 0 Å². The summed E-state index contributed by atoms with van der Waals surface area (Å²) in [5, 5.41) is 9.73. The molecule has 36 heavy (non-hydrogen) atoms. The highest BCUT2D eigenvalue weighted by molar-refractivity contribution is 7.09. The Morgan fingerprint density at radius 1 is 1.19 bits per heavy atom. The van der Waals surface area contributed by atoms with Gasteiger partial charge in [0.2, 0.25) is 11.8 Å². The number of aromatic amines is 1. The summed E-state index contributed by atoms with van der Waals surface area (Å²) in [6.45, 7) is 3.77. The summed E-state index contributed by atoms with van der Waals surface area (Å²) in [4.78, 5) is 18.4. The summed E-state index contributed by atoms with van der Waals surface area (Å²) >= 11 is 0.967. The third-order valence-corrected chi connectivity index (χ3v) is 6.08. The number of allylic oxidation sites excluding steroid dienone is 2. The van der Waals surface area contributed by atoms with Gasteiger partial charge in [0.25, 0.3) is 0 Å². The number of halogens is 3. The van der Waals surface area contributed by atoms with Gasteiger partial charge < -0.3 is 19.0 Å². The number of thiazole rings is 1. The van der Waals surface area contributed by atoms with Gasteiger partial charge in [0.15, 0.2) is 0 Å². The standard InChI is InChI=1S/C25H21F3N2O5S/c1-14(6-11-21-22(31)30-24(32)36-21)17-4-3-5-19(12-17)33-13-20-15(2)34-23(29-20)16-7-9-18(10-8-16)35-25(26,27)28/h3-10,12,31H,11,13H2,1-2H3,(H,30,32). The third kappa shape index (κ3) is 6.36. The lowest BCUT2D eigenvalue weighted by Gasteiger charge is -2.08. The van der Waals surface area contributed by atoms with E-state index in [2.05, 4.69) is 14.7 Å². The van der Waals surface area contributed by atoms with E-state index in [-0.39, 0.29) is 29.0 Å². The highest BCUT2D eigenvalue weighted by Crippen LogP contribution is 2.28. The van der Waals surface area contributed by atoms with E-state index in [9.17, 15) is 23.1 Å². The average Bonchev–Trinajstić information content (AvgIpc) is 3.36. The Kier molecular flexibility index (Phi) is 7.20. The van der Waals surface area contributed by atoms with Crippen LogP contribution in [-0.4, -0.2) is 21.4 Å². The maximum atomic E-state index is 12.3. The molecule has 11 heteroatoms. The van der Waals surface area contributed by atoms with Crippen LogP contribution < -0.4 is 14.3 Å². The van der Waals surface area contributed by atoms with Gasteiger partial charge in [-0.15, -0.1) is 13.2 Å². The van der Waals surface area contributed by atoms with E-state index >= 15 is 0 Å². The molecule has 0 bridgehead atoms. The van der Waals surface area contributed by atoms with Crippen molar-refractivity contribution in [2.24, 2.45) is 0 Å². The number of nitrogens with one attached hydrogen (secondary N) is 1. The first-order valence-electron chi connectivity index (χ1n) is 10.7. The van der Waals surface area contributed by atoms with Crippen molar-refractivity contribution in [3.05, 3.63) is 86.2 Å². The number of aromatic hydroxyl groups is 1. The molecular weight excluding hydrogens is 497 g/mol. The highest BCUT2D eigenvalue weighted by Gasteiger charge is 2.31. The minimum atomic E-state index is -4.76. The first-order chi connectivity index (χ1) is 17.1. The molecule has 2 aromatic heterocycles. The molecule has 0 radical (unpaired) electrons. The van der Waals surface area contributed by atoms with Crippen LogP contribution >= 0.6 is 11.3 Å². The van der Waals surface area contributed by atoms with Crippen molar-refractivity contribution in [1.29, 1.82) is 0 Å². The van der Waals surface area contributed by atoms with Crippen LogP contribution in [0.15, 0.2) is 63.8 Å². The summed E-state index contributed by atoms with van der Waals surface area (Å²) in [5.41, 5.74) is 2.91. The molecule has 0 saturated heterocycles. The Morgan fingerprint density at radius 3 is 2.61 bits per heavy atom. The Bertz CT molecular complexity index is 1440. The maximum Gasteiger partial charge on any atom is 0.573 e. The van der Waals surface area contributed by atoms with E-state index in [1.165, 1.54) is 24.3 Å². The average molecular weight is 519 g/mol. The first kappa shape index (κ1) is 25.1. The van der Waals surface area contributed by atoms with E-state index in [4.69, 9.17) is 9.15 Å². The second-order valence-electron chi connectivity index (χ2n) is 7.79. The number of aromatic nitrogens is 2. The number of rotatable bonds is 8. The lowest BCUT2D eigenvalue weighted by Crippen LogP contribution is -2.16. The summed E-state index contributed by atoms with van der Waals surface area (Å²) in [6, 6.07) is 12.7. The first-order valence-corrected chi connectivity index (χ1v) is 11.5. The van der Waals surface area contributed by atoms with Crippen molar-refractivity contribution >= 4 is 16.9 Å². The van der Waals surface area contributed by atoms with E-state index in [0.29, 0.717) is 34.1 Å². The predicted octanol–water partition coefficient (Wildman–Crippen LogP) is 6.23. The smallest absolute Gasteiger partial charge is 0.494 e. The van der Waals surface area contributed by atoms with E-state index in [1.807, 2.05) is 31.2 Å². The highest BCUT2D eigenvalue weighted by atomic mass is 32.1. The molecule has 0 spiro atoms. The van der Waals surface area contributed by atoms with Gasteiger partial charge >= 0.3 is 11.2 Å². The molecule has 0 aliphatic carbocycles. The molecule has 0 unspecified atom stereocenters. The molecular formula is C25H21F3N2O5S. The number of H-pyrrole nitrogens is 1. The van der Waals surface area contributed by atoms with Crippen LogP contribution in [0.5, 0.6) is 17.4 Å². The van der Waals surface area contributed by atoms with Gasteiger partial charge in [-0.2, -0.15) is 0 Å². The van der Waals surface area contributed by atoms with Crippen molar-refractivity contribution in [2.75, 3.05) is 0 Å². The summed E-state index contributed by atoms with van der Waals surface area (Å²) in [7, 11) is 0. The number of hydrogen-bond acceptors (Lipinski definition) is 7. The number of hydrogen-bond donors (Lipinski definition) is 2. The summed E-state index contributed by atoms with van der Waals surface area (Å²) in [6.07, 6.45) is -2.43. The monoisotopic (exact) mass is 518 g/mol. The lowest BCUT2D eigenvalue weighted by atomic mass is 10.1. The second kappa shape index (κ2) is 10.3. The predicted molar refractivity (Wildman–Crippen MR) is 128 cm³/mol. The summed E-state index contributed by atoms with van der Waals surface area (Å²) in [5.74, 6) is 0.944. The minimum Gasteiger partial charge on any atom is -0.494 e. The van der Waals surface area contributed by atoms with Crippen LogP contribution in [0, 0.1) is 6.92 Å². The minimum absolute atomic E-state index is 0.112. The van der Waals surface area contributed by atoms with Crippen LogP contribution in [0.3, 0.4) is 0 Å². The molecule has 0 saturated carbocycles. The zero-order valence-corrected chi connectivity index (χ0v) is 20.0. The van der Waals surface area contributed by atoms with Gasteiger partial charge in [-0.1, -0.05) is 29.5 Å². The molecule has 0 amide bonds. The fourth-order valence-electron chi connectivity index (χ4n) is 3.32. The number of aryl methyl sites for hydroxylation is 1. The van der Waals surface area contributed by atoms with Gasteiger partial charge in [-0.05, 0) is 61.4 Å². The number of nitrogens with zero attached hydrogens (tertiary/aromatic N) is 1. The molecule has 2 heterocycles. The Hall–Kier alpha value is -3.99. The third-order valence-electron chi connectivity index (χ3n) is 5.19. The zero-order valence-electron chi connectivity index (χ0n) is 19.2. The SMILES string of the molecule is CC(=CCc1sc(=O)[nH]c1O)c1cccc(OCc2nc(-c3ccc(OC(F)(F)F)cc3)oc2C)c1.